The van der Waals surface area contributed by atoms with Gasteiger partial charge in [-0.15, -0.1) is 0 Å². The van der Waals surface area contributed by atoms with Crippen molar-refractivity contribution >= 4 is 34.2 Å². The Bertz CT molecular complexity index is 234. The van der Waals surface area contributed by atoms with Gasteiger partial charge in [0.15, 0.2) is 0 Å². The van der Waals surface area contributed by atoms with Crippen molar-refractivity contribution in [1.29, 1.82) is 0 Å². The lowest BCUT2D eigenvalue weighted by Gasteiger charge is -2.03. The minimum Gasteiger partial charge on any atom is -0.300 e. The summed E-state index contributed by atoms with van der Waals surface area (Å²) in [5, 5.41) is 0.697. The van der Waals surface area contributed by atoms with Gasteiger partial charge in [0.25, 0.3) is 0 Å². The number of rotatable bonds is 2. The van der Waals surface area contributed by atoms with Crippen LogP contribution < -0.4 is 5.90 Å². The normalized spacial score (nSPS) is 10.1. The van der Waals surface area contributed by atoms with E-state index in [9.17, 15) is 0 Å². The molecule has 0 unspecified atom stereocenters. The molecule has 60 valence electrons. The molecule has 0 aliphatic rings. The van der Waals surface area contributed by atoms with Gasteiger partial charge in [0.2, 0.25) is 0 Å². The molecule has 2 nitrogen and oxygen atoms in total. The molecule has 1 rings (SSSR count). The summed E-state index contributed by atoms with van der Waals surface area (Å²) < 4.78 is 1.07. The Morgan fingerprint density at radius 3 is 2.82 bits per heavy atom. The first kappa shape index (κ1) is 9.25. The van der Waals surface area contributed by atoms with Crippen molar-refractivity contribution in [1.82, 2.24) is 0 Å². The Balaban J connectivity index is 3.00. The van der Waals surface area contributed by atoms with Crippen LogP contribution in [0.2, 0.25) is 5.02 Å². The van der Waals surface area contributed by atoms with Gasteiger partial charge < -0.3 is 0 Å². The van der Waals surface area contributed by atoms with Gasteiger partial charge in [-0.25, -0.2) is 5.90 Å². The van der Waals surface area contributed by atoms with Crippen LogP contribution in [0, 0.1) is 3.57 Å². The standard InChI is InChI=1S/C7H7ClINO/c8-6-2-1-3-7(9)5(6)4-11-10/h1-3H,4,10H2. The average Bonchev–Trinajstić information content (AvgIpc) is 1.97. The summed E-state index contributed by atoms with van der Waals surface area (Å²) in [6.45, 7) is 0.359. The van der Waals surface area contributed by atoms with Gasteiger partial charge in [-0.1, -0.05) is 17.7 Å². The first-order valence-corrected chi connectivity index (χ1v) is 4.46. The van der Waals surface area contributed by atoms with E-state index in [-0.39, 0.29) is 0 Å². The molecule has 0 aliphatic carbocycles. The summed E-state index contributed by atoms with van der Waals surface area (Å²) in [7, 11) is 0. The van der Waals surface area contributed by atoms with Gasteiger partial charge in [0, 0.05) is 14.2 Å². The summed E-state index contributed by atoms with van der Waals surface area (Å²) in [6, 6.07) is 5.67. The van der Waals surface area contributed by atoms with Gasteiger partial charge in [-0.05, 0) is 34.7 Å². The lowest BCUT2D eigenvalue weighted by Crippen LogP contribution is -2.01. The zero-order valence-electron chi connectivity index (χ0n) is 5.68. The van der Waals surface area contributed by atoms with Gasteiger partial charge in [-0.3, -0.25) is 4.84 Å². The van der Waals surface area contributed by atoms with Crippen molar-refractivity contribution < 1.29 is 4.84 Å². The molecule has 11 heavy (non-hydrogen) atoms. The highest BCUT2D eigenvalue weighted by atomic mass is 127. The fraction of sp³-hybridized carbons (Fsp3) is 0.143. The minimum absolute atomic E-state index is 0.359. The largest absolute Gasteiger partial charge is 0.300 e. The van der Waals surface area contributed by atoms with Crippen LogP contribution in [0.5, 0.6) is 0 Å². The third-order valence-corrected chi connectivity index (χ3v) is 2.65. The first-order chi connectivity index (χ1) is 5.25. The molecule has 0 saturated carbocycles. The molecule has 0 heterocycles. The molecule has 0 radical (unpaired) electrons. The molecule has 0 fully saturated rings. The van der Waals surface area contributed by atoms with Crippen molar-refractivity contribution in [2.45, 2.75) is 6.61 Å². The van der Waals surface area contributed by atoms with Gasteiger partial charge >= 0.3 is 0 Å². The molecule has 0 aliphatic heterocycles. The Hall–Kier alpha value is 0.160. The fourth-order valence-corrected chi connectivity index (χ4v) is 1.80. The van der Waals surface area contributed by atoms with Crippen LogP contribution in [0.25, 0.3) is 0 Å². The number of hydrogen-bond donors (Lipinski definition) is 1. The van der Waals surface area contributed by atoms with Crippen LogP contribution in [0.3, 0.4) is 0 Å². The molecule has 0 amide bonds. The molecule has 0 saturated heterocycles. The Morgan fingerprint density at radius 1 is 1.55 bits per heavy atom. The lowest BCUT2D eigenvalue weighted by atomic mass is 10.2. The molecule has 0 atom stereocenters. The van der Waals surface area contributed by atoms with E-state index in [1.54, 1.807) is 0 Å². The molecule has 0 bridgehead atoms. The predicted octanol–water partition coefficient (Wildman–Crippen LogP) is 2.33. The second-order valence-corrected chi connectivity index (χ2v) is 3.58. The molecule has 0 aromatic heterocycles. The SMILES string of the molecule is NOCc1c(Cl)cccc1I. The van der Waals surface area contributed by atoms with E-state index in [0.29, 0.717) is 11.6 Å². The zero-order chi connectivity index (χ0) is 8.27. The Labute approximate surface area is 83.8 Å². The van der Waals surface area contributed by atoms with E-state index in [2.05, 4.69) is 27.4 Å². The minimum atomic E-state index is 0.359. The molecule has 4 heteroatoms. The maximum absolute atomic E-state index is 5.87. The summed E-state index contributed by atoms with van der Waals surface area (Å²) in [5.74, 6) is 4.94. The predicted molar refractivity (Wildman–Crippen MR) is 53.1 cm³/mol. The molecule has 0 spiro atoms. The van der Waals surface area contributed by atoms with E-state index < -0.39 is 0 Å². The smallest absolute Gasteiger partial charge is 0.0954 e. The van der Waals surface area contributed by atoms with E-state index in [1.807, 2.05) is 18.2 Å². The van der Waals surface area contributed by atoms with E-state index in [0.717, 1.165) is 9.13 Å². The fourth-order valence-electron chi connectivity index (χ4n) is 0.754. The van der Waals surface area contributed by atoms with Crippen molar-refractivity contribution in [2.24, 2.45) is 5.90 Å². The number of halogens is 2. The van der Waals surface area contributed by atoms with Crippen molar-refractivity contribution in [3.05, 3.63) is 32.4 Å². The summed E-state index contributed by atoms with van der Waals surface area (Å²) in [4.78, 5) is 4.50. The lowest BCUT2D eigenvalue weighted by molar-refractivity contribution is 0.123. The van der Waals surface area contributed by atoms with Gasteiger partial charge in [0.05, 0.1) is 6.61 Å². The monoisotopic (exact) mass is 283 g/mol. The highest BCUT2D eigenvalue weighted by Crippen LogP contribution is 2.21. The second kappa shape index (κ2) is 4.25. The number of benzene rings is 1. The quantitative estimate of drug-likeness (QED) is 0.668. The summed E-state index contributed by atoms with van der Waals surface area (Å²) >= 11 is 8.06. The van der Waals surface area contributed by atoms with Crippen LogP contribution >= 0.6 is 34.2 Å². The number of nitrogens with two attached hydrogens (primary N) is 1. The van der Waals surface area contributed by atoms with Crippen LogP contribution in [0.1, 0.15) is 5.56 Å². The van der Waals surface area contributed by atoms with E-state index in [1.165, 1.54) is 0 Å². The summed E-state index contributed by atoms with van der Waals surface area (Å²) in [6.07, 6.45) is 0. The Kier molecular flexibility index (Phi) is 3.58. The van der Waals surface area contributed by atoms with Gasteiger partial charge in [0.1, 0.15) is 0 Å². The average molecular weight is 283 g/mol. The highest BCUT2D eigenvalue weighted by molar-refractivity contribution is 14.1. The summed E-state index contributed by atoms with van der Waals surface area (Å²) in [5.41, 5.74) is 0.942. The topological polar surface area (TPSA) is 35.2 Å². The van der Waals surface area contributed by atoms with E-state index in [4.69, 9.17) is 17.5 Å². The highest BCUT2D eigenvalue weighted by Gasteiger charge is 2.02. The van der Waals surface area contributed by atoms with Crippen molar-refractivity contribution in [3.63, 3.8) is 0 Å². The van der Waals surface area contributed by atoms with Crippen LogP contribution in [-0.2, 0) is 11.4 Å². The van der Waals surface area contributed by atoms with Crippen LogP contribution in [0.4, 0.5) is 0 Å². The van der Waals surface area contributed by atoms with Crippen LogP contribution in [-0.4, -0.2) is 0 Å². The maximum Gasteiger partial charge on any atom is 0.0954 e. The third kappa shape index (κ3) is 2.30. The van der Waals surface area contributed by atoms with Crippen molar-refractivity contribution in [3.8, 4) is 0 Å². The van der Waals surface area contributed by atoms with Crippen molar-refractivity contribution in [2.75, 3.05) is 0 Å². The molecule has 1 aromatic carbocycles. The zero-order valence-corrected chi connectivity index (χ0v) is 8.59. The number of hydrogen-bond acceptors (Lipinski definition) is 2. The maximum atomic E-state index is 5.87. The molecular formula is C7H7ClINO. The molecule has 1 aromatic rings. The van der Waals surface area contributed by atoms with Crippen LogP contribution in [0.15, 0.2) is 18.2 Å². The second-order valence-electron chi connectivity index (χ2n) is 2.01. The molecule has 2 N–H and O–H groups in total. The third-order valence-electron chi connectivity index (χ3n) is 1.29. The van der Waals surface area contributed by atoms with Gasteiger partial charge in [-0.2, -0.15) is 0 Å². The van der Waals surface area contributed by atoms with E-state index >= 15 is 0 Å². The Morgan fingerprint density at radius 2 is 2.27 bits per heavy atom. The first-order valence-electron chi connectivity index (χ1n) is 3.00. The molecular weight excluding hydrogens is 276 g/mol.